The lowest BCUT2D eigenvalue weighted by molar-refractivity contribution is -0.118. The molecule has 0 aromatic carbocycles. The molecule has 2 atom stereocenters. The number of primary amides is 1. The zero-order valence-corrected chi connectivity index (χ0v) is 11.1. The van der Waals surface area contributed by atoms with Crippen LogP contribution in [-0.4, -0.2) is 30.7 Å². The van der Waals surface area contributed by atoms with E-state index in [0.29, 0.717) is 12.5 Å². The van der Waals surface area contributed by atoms with Crippen molar-refractivity contribution in [2.24, 2.45) is 5.73 Å². The smallest absolute Gasteiger partial charge is 0.217 e. The number of nitrogens with one attached hydrogen (secondary N) is 1. The van der Waals surface area contributed by atoms with Crippen LogP contribution in [0.25, 0.3) is 0 Å². The number of amides is 1. The van der Waals surface area contributed by atoms with Crippen molar-refractivity contribution >= 4 is 5.91 Å². The summed E-state index contributed by atoms with van der Waals surface area (Å²) in [7, 11) is 0. The molecule has 0 saturated carbocycles. The Balaban J connectivity index is 2.12. The molecule has 4 nitrogen and oxygen atoms in total. The second kappa shape index (κ2) is 6.97. The Morgan fingerprint density at radius 3 is 2.94 bits per heavy atom. The lowest BCUT2D eigenvalue weighted by atomic mass is 9.90. The zero-order valence-electron chi connectivity index (χ0n) is 11.1. The third-order valence-corrected chi connectivity index (χ3v) is 3.63. The first-order valence-corrected chi connectivity index (χ1v) is 6.71. The maximum Gasteiger partial charge on any atom is 0.217 e. The van der Waals surface area contributed by atoms with Gasteiger partial charge in [-0.15, -0.1) is 0 Å². The fourth-order valence-corrected chi connectivity index (χ4v) is 2.28. The Morgan fingerprint density at radius 1 is 1.53 bits per heavy atom. The van der Waals surface area contributed by atoms with E-state index in [1.165, 1.54) is 0 Å². The number of hydrogen-bond acceptors (Lipinski definition) is 3. The van der Waals surface area contributed by atoms with E-state index in [1.807, 2.05) is 0 Å². The Morgan fingerprint density at radius 2 is 2.29 bits per heavy atom. The summed E-state index contributed by atoms with van der Waals surface area (Å²) in [4.78, 5) is 10.6. The Kier molecular flexibility index (Phi) is 5.92. The van der Waals surface area contributed by atoms with E-state index in [1.54, 1.807) is 0 Å². The quantitative estimate of drug-likeness (QED) is 0.666. The van der Waals surface area contributed by atoms with Gasteiger partial charge in [-0.2, -0.15) is 0 Å². The molecular weight excluding hydrogens is 216 g/mol. The molecule has 1 fully saturated rings. The highest BCUT2D eigenvalue weighted by molar-refractivity contribution is 5.73. The van der Waals surface area contributed by atoms with Gasteiger partial charge in [-0.05, 0) is 45.6 Å². The van der Waals surface area contributed by atoms with Crippen LogP contribution >= 0.6 is 0 Å². The van der Waals surface area contributed by atoms with E-state index in [0.717, 1.165) is 45.3 Å². The van der Waals surface area contributed by atoms with Gasteiger partial charge in [0.15, 0.2) is 0 Å². The molecule has 1 amide bonds. The number of carbonyl (C=O) groups is 1. The second-order valence-corrected chi connectivity index (χ2v) is 5.22. The largest absolute Gasteiger partial charge is 0.375 e. The highest BCUT2D eigenvalue weighted by Crippen LogP contribution is 2.27. The lowest BCUT2D eigenvalue weighted by Gasteiger charge is -2.38. The molecule has 100 valence electrons. The zero-order chi connectivity index (χ0) is 12.7. The fourth-order valence-electron chi connectivity index (χ4n) is 2.28. The van der Waals surface area contributed by atoms with Crippen LogP contribution in [-0.2, 0) is 9.53 Å². The van der Waals surface area contributed by atoms with Gasteiger partial charge in [0, 0.05) is 19.1 Å². The van der Waals surface area contributed by atoms with E-state index in [-0.39, 0.29) is 11.5 Å². The highest BCUT2D eigenvalue weighted by atomic mass is 16.5. The summed E-state index contributed by atoms with van der Waals surface area (Å²) in [6.07, 6.45) is 5.64. The molecule has 0 aromatic rings. The number of rotatable bonds is 7. The SMILES string of the molecule is CCC1(C)CC(NCCCCC(N)=O)CCO1. The van der Waals surface area contributed by atoms with Crippen molar-refractivity contribution in [1.29, 1.82) is 0 Å². The summed E-state index contributed by atoms with van der Waals surface area (Å²) in [6, 6.07) is 0.558. The van der Waals surface area contributed by atoms with Crippen LogP contribution in [0.4, 0.5) is 0 Å². The first kappa shape index (κ1) is 14.5. The van der Waals surface area contributed by atoms with Gasteiger partial charge in [-0.25, -0.2) is 0 Å². The Hall–Kier alpha value is -0.610. The van der Waals surface area contributed by atoms with Crippen LogP contribution in [0, 0.1) is 0 Å². The van der Waals surface area contributed by atoms with E-state index < -0.39 is 0 Å². The average molecular weight is 242 g/mol. The number of carbonyl (C=O) groups excluding carboxylic acids is 1. The number of hydrogen-bond donors (Lipinski definition) is 2. The molecule has 1 rings (SSSR count). The lowest BCUT2D eigenvalue weighted by Crippen LogP contribution is -2.45. The van der Waals surface area contributed by atoms with Gasteiger partial charge < -0.3 is 15.8 Å². The number of ether oxygens (including phenoxy) is 1. The predicted octanol–water partition coefficient (Wildman–Crippen LogP) is 1.58. The van der Waals surface area contributed by atoms with E-state index >= 15 is 0 Å². The molecule has 17 heavy (non-hydrogen) atoms. The van der Waals surface area contributed by atoms with Crippen molar-refractivity contribution in [3.8, 4) is 0 Å². The average Bonchev–Trinajstić information content (AvgIpc) is 2.28. The van der Waals surface area contributed by atoms with Crippen molar-refractivity contribution < 1.29 is 9.53 Å². The van der Waals surface area contributed by atoms with Crippen LogP contribution < -0.4 is 11.1 Å². The molecule has 3 N–H and O–H groups in total. The summed E-state index contributed by atoms with van der Waals surface area (Å²) in [5, 5.41) is 3.55. The van der Waals surface area contributed by atoms with Gasteiger partial charge in [-0.1, -0.05) is 6.92 Å². The summed E-state index contributed by atoms with van der Waals surface area (Å²) in [5.74, 6) is -0.199. The van der Waals surface area contributed by atoms with Crippen molar-refractivity contribution in [2.45, 2.75) is 64.0 Å². The first-order valence-electron chi connectivity index (χ1n) is 6.71. The van der Waals surface area contributed by atoms with Gasteiger partial charge in [0.2, 0.25) is 5.91 Å². The van der Waals surface area contributed by atoms with Crippen LogP contribution in [0.3, 0.4) is 0 Å². The van der Waals surface area contributed by atoms with Gasteiger partial charge in [0.1, 0.15) is 0 Å². The van der Waals surface area contributed by atoms with E-state index in [4.69, 9.17) is 10.5 Å². The monoisotopic (exact) mass is 242 g/mol. The second-order valence-electron chi connectivity index (χ2n) is 5.22. The van der Waals surface area contributed by atoms with Crippen LogP contribution in [0.5, 0.6) is 0 Å². The maximum atomic E-state index is 10.6. The molecule has 0 aromatic heterocycles. The van der Waals surface area contributed by atoms with Crippen molar-refractivity contribution in [1.82, 2.24) is 5.32 Å². The molecular formula is C13H26N2O2. The maximum absolute atomic E-state index is 10.6. The van der Waals surface area contributed by atoms with Gasteiger partial charge in [0.25, 0.3) is 0 Å². The highest BCUT2D eigenvalue weighted by Gasteiger charge is 2.30. The van der Waals surface area contributed by atoms with Crippen molar-refractivity contribution in [3.05, 3.63) is 0 Å². The van der Waals surface area contributed by atoms with Crippen molar-refractivity contribution in [2.75, 3.05) is 13.2 Å². The molecule has 0 aliphatic carbocycles. The minimum absolute atomic E-state index is 0.0448. The fraction of sp³-hybridized carbons (Fsp3) is 0.923. The molecule has 0 spiro atoms. The summed E-state index contributed by atoms with van der Waals surface area (Å²) in [5.41, 5.74) is 5.14. The Labute approximate surface area is 104 Å². The first-order chi connectivity index (χ1) is 8.06. The summed E-state index contributed by atoms with van der Waals surface area (Å²) >= 11 is 0. The molecule has 4 heteroatoms. The van der Waals surface area contributed by atoms with Crippen LogP contribution in [0.1, 0.15) is 52.4 Å². The van der Waals surface area contributed by atoms with Gasteiger partial charge in [-0.3, -0.25) is 4.79 Å². The number of unbranched alkanes of at least 4 members (excludes halogenated alkanes) is 1. The molecule has 1 aliphatic rings. The van der Waals surface area contributed by atoms with E-state index in [9.17, 15) is 4.79 Å². The minimum Gasteiger partial charge on any atom is -0.375 e. The van der Waals surface area contributed by atoms with E-state index in [2.05, 4.69) is 19.2 Å². The number of nitrogens with two attached hydrogens (primary N) is 1. The minimum atomic E-state index is -0.199. The third-order valence-electron chi connectivity index (χ3n) is 3.63. The summed E-state index contributed by atoms with van der Waals surface area (Å²) < 4.78 is 5.80. The molecule has 1 saturated heterocycles. The summed E-state index contributed by atoms with van der Waals surface area (Å²) in [6.45, 7) is 6.18. The normalized spacial score (nSPS) is 29.2. The van der Waals surface area contributed by atoms with Crippen LogP contribution in [0.2, 0.25) is 0 Å². The molecule has 2 unspecified atom stereocenters. The Bertz CT molecular complexity index is 246. The molecule has 1 aliphatic heterocycles. The third kappa shape index (κ3) is 5.50. The van der Waals surface area contributed by atoms with Gasteiger partial charge >= 0.3 is 0 Å². The standard InChI is InChI=1S/C13H26N2O2/c1-3-13(2)10-11(7-9-17-13)15-8-5-4-6-12(14)16/h11,15H,3-10H2,1-2H3,(H2,14,16). The van der Waals surface area contributed by atoms with Gasteiger partial charge in [0.05, 0.1) is 5.60 Å². The topological polar surface area (TPSA) is 64.3 Å². The van der Waals surface area contributed by atoms with Crippen LogP contribution in [0.15, 0.2) is 0 Å². The predicted molar refractivity (Wildman–Crippen MR) is 68.7 cm³/mol. The molecule has 0 bridgehead atoms. The van der Waals surface area contributed by atoms with Crippen molar-refractivity contribution in [3.63, 3.8) is 0 Å². The molecule has 0 radical (unpaired) electrons. The molecule has 1 heterocycles.